The van der Waals surface area contributed by atoms with E-state index in [0.29, 0.717) is 11.8 Å². The Kier molecular flexibility index (Phi) is 1.76. The van der Waals surface area contributed by atoms with Gasteiger partial charge >= 0.3 is 0 Å². The molecule has 0 spiro atoms. The summed E-state index contributed by atoms with van der Waals surface area (Å²) in [5.74, 6) is 0.473. The molecule has 2 heterocycles. The Balaban J connectivity index is 2.24. The van der Waals surface area contributed by atoms with Gasteiger partial charge in [-0.15, -0.1) is 0 Å². The van der Waals surface area contributed by atoms with Gasteiger partial charge in [0.2, 0.25) is 0 Å². The number of carbonyl (C=O) groups is 1. The van der Waals surface area contributed by atoms with Gasteiger partial charge in [-0.3, -0.25) is 9.69 Å². The molecule has 0 N–H and O–H groups in total. The SMILES string of the molecule is CN1C2CCCC1(C)CC(=O)C2. The van der Waals surface area contributed by atoms with E-state index in [1.165, 1.54) is 19.3 Å². The molecule has 2 aliphatic heterocycles. The molecule has 2 unspecified atom stereocenters. The van der Waals surface area contributed by atoms with Crippen molar-refractivity contribution in [3.63, 3.8) is 0 Å². The van der Waals surface area contributed by atoms with Crippen molar-refractivity contribution in [2.45, 2.75) is 50.6 Å². The smallest absolute Gasteiger partial charge is 0.136 e. The van der Waals surface area contributed by atoms with E-state index in [2.05, 4.69) is 18.9 Å². The Bertz CT molecular complexity index is 214. The van der Waals surface area contributed by atoms with E-state index in [4.69, 9.17) is 0 Å². The minimum Gasteiger partial charge on any atom is -0.300 e. The van der Waals surface area contributed by atoms with Crippen molar-refractivity contribution in [3.8, 4) is 0 Å². The molecule has 2 bridgehead atoms. The Labute approximate surface area is 73.9 Å². The fourth-order valence-corrected chi connectivity index (χ4v) is 2.74. The summed E-state index contributed by atoms with van der Waals surface area (Å²) in [5.41, 5.74) is 0.193. The average Bonchev–Trinajstić information content (AvgIpc) is 1.95. The maximum Gasteiger partial charge on any atom is 0.136 e. The Morgan fingerprint density at radius 3 is 3.00 bits per heavy atom. The van der Waals surface area contributed by atoms with Gasteiger partial charge in [0.05, 0.1) is 0 Å². The largest absolute Gasteiger partial charge is 0.300 e. The highest BCUT2D eigenvalue weighted by Crippen LogP contribution is 2.38. The van der Waals surface area contributed by atoms with E-state index in [0.717, 1.165) is 12.8 Å². The van der Waals surface area contributed by atoms with Gasteiger partial charge in [0.15, 0.2) is 0 Å². The summed E-state index contributed by atoms with van der Waals surface area (Å²) in [6.45, 7) is 2.23. The van der Waals surface area contributed by atoms with Gasteiger partial charge in [0.1, 0.15) is 5.78 Å². The fraction of sp³-hybridized carbons (Fsp3) is 0.900. The van der Waals surface area contributed by atoms with Crippen molar-refractivity contribution in [1.29, 1.82) is 0 Å². The summed E-state index contributed by atoms with van der Waals surface area (Å²) in [5, 5.41) is 0. The first-order valence-electron chi connectivity index (χ1n) is 4.86. The summed E-state index contributed by atoms with van der Waals surface area (Å²) in [6.07, 6.45) is 5.30. The number of hydrogen-bond acceptors (Lipinski definition) is 2. The zero-order valence-electron chi connectivity index (χ0n) is 7.97. The van der Waals surface area contributed by atoms with E-state index >= 15 is 0 Å². The molecule has 68 valence electrons. The molecule has 2 fully saturated rings. The highest BCUT2D eigenvalue weighted by atomic mass is 16.1. The van der Waals surface area contributed by atoms with E-state index in [-0.39, 0.29) is 5.54 Å². The molecule has 2 aliphatic rings. The van der Waals surface area contributed by atoms with Crippen LogP contribution in [0.3, 0.4) is 0 Å². The first-order valence-corrected chi connectivity index (χ1v) is 4.86. The first kappa shape index (κ1) is 8.24. The summed E-state index contributed by atoms with van der Waals surface area (Å²) in [4.78, 5) is 13.8. The number of nitrogens with zero attached hydrogens (tertiary/aromatic N) is 1. The molecule has 2 heteroatoms. The Morgan fingerprint density at radius 1 is 1.58 bits per heavy atom. The zero-order chi connectivity index (χ0) is 8.77. The minimum atomic E-state index is 0.193. The standard InChI is InChI=1S/C10H17NO/c1-10-5-3-4-8(11(10)2)6-9(12)7-10/h8H,3-7H2,1-2H3. The van der Waals surface area contributed by atoms with Crippen molar-refractivity contribution < 1.29 is 4.79 Å². The number of piperidine rings is 2. The van der Waals surface area contributed by atoms with Crippen LogP contribution in [0.4, 0.5) is 0 Å². The number of carbonyl (C=O) groups excluding carboxylic acids is 1. The van der Waals surface area contributed by atoms with Crippen LogP contribution in [0, 0.1) is 0 Å². The monoisotopic (exact) mass is 167 g/mol. The molecule has 0 saturated carbocycles. The normalized spacial score (nSPS) is 43.2. The van der Waals surface area contributed by atoms with Crippen LogP contribution in [0.1, 0.15) is 39.0 Å². The van der Waals surface area contributed by atoms with E-state index in [1.807, 2.05) is 0 Å². The van der Waals surface area contributed by atoms with Crippen molar-refractivity contribution in [1.82, 2.24) is 4.90 Å². The van der Waals surface area contributed by atoms with Crippen LogP contribution in [0.25, 0.3) is 0 Å². The average molecular weight is 167 g/mol. The second-order valence-corrected chi connectivity index (χ2v) is 4.57. The van der Waals surface area contributed by atoms with Crippen molar-refractivity contribution in [3.05, 3.63) is 0 Å². The van der Waals surface area contributed by atoms with Gasteiger partial charge in [-0.05, 0) is 26.8 Å². The lowest BCUT2D eigenvalue weighted by Crippen LogP contribution is -2.57. The molecular weight excluding hydrogens is 150 g/mol. The van der Waals surface area contributed by atoms with Gasteiger partial charge in [-0.25, -0.2) is 0 Å². The van der Waals surface area contributed by atoms with Crippen LogP contribution in [0.2, 0.25) is 0 Å². The number of ketones is 1. The van der Waals surface area contributed by atoms with Gasteiger partial charge in [-0.1, -0.05) is 6.42 Å². The van der Waals surface area contributed by atoms with Crippen LogP contribution < -0.4 is 0 Å². The van der Waals surface area contributed by atoms with Crippen molar-refractivity contribution in [2.24, 2.45) is 0 Å². The van der Waals surface area contributed by atoms with Gasteiger partial charge in [0, 0.05) is 24.4 Å². The number of rotatable bonds is 0. The molecule has 0 aliphatic carbocycles. The lowest BCUT2D eigenvalue weighted by molar-refractivity contribution is -0.131. The Hall–Kier alpha value is -0.370. The van der Waals surface area contributed by atoms with Gasteiger partial charge in [-0.2, -0.15) is 0 Å². The summed E-state index contributed by atoms with van der Waals surface area (Å²) < 4.78 is 0. The highest BCUT2D eigenvalue weighted by Gasteiger charge is 2.43. The quantitative estimate of drug-likeness (QED) is 0.546. The topological polar surface area (TPSA) is 20.3 Å². The molecule has 2 nitrogen and oxygen atoms in total. The van der Waals surface area contributed by atoms with Crippen LogP contribution in [-0.4, -0.2) is 29.3 Å². The summed E-state index contributed by atoms with van der Waals surface area (Å²) in [7, 11) is 2.18. The molecular formula is C10H17NO. The molecule has 0 aromatic carbocycles. The third kappa shape index (κ3) is 1.09. The summed E-state index contributed by atoms with van der Waals surface area (Å²) >= 11 is 0. The zero-order valence-corrected chi connectivity index (χ0v) is 7.97. The third-order valence-electron chi connectivity index (χ3n) is 3.69. The molecule has 0 aromatic heterocycles. The molecule has 2 saturated heterocycles. The lowest BCUT2D eigenvalue weighted by Gasteiger charge is -2.50. The molecule has 0 aromatic rings. The van der Waals surface area contributed by atoms with Crippen LogP contribution in [0.15, 0.2) is 0 Å². The van der Waals surface area contributed by atoms with Crippen LogP contribution in [0.5, 0.6) is 0 Å². The van der Waals surface area contributed by atoms with Crippen LogP contribution in [-0.2, 0) is 4.79 Å². The molecule has 12 heavy (non-hydrogen) atoms. The summed E-state index contributed by atoms with van der Waals surface area (Å²) in [6, 6.07) is 0.546. The first-order chi connectivity index (χ1) is 5.62. The van der Waals surface area contributed by atoms with E-state index < -0.39 is 0 Å². The predicted octanol–water partition coefficient (Wildman–Crippen LogP) is 1.59. The van der Waals surface area contributed by atoms with E-state index in [1.54, 1.807) is 0 Å². The van der Waals surface area contributed by atoms with E-state index in [9.17, 15) is 4.79 Å². The van der Waals surface area contributed by atoms with Crippen LogP contribution >= 0.6 is 0 Å². The molecule has 2 atom stereocenters. The third-order valence-corrected chi connectivity index (χ3v) is 3.69. The molecule has 2 rings (SSSR count). The Morgan fingerprint density at radius 2 is 2.33 bits per heavy atom. The number of hydrogen-bond donors (Lipinski definition) is 0. The maximum atomic E-state index is 11.4. The fourth-order valence-electron chi connectivity index (χ4n) is 2.74. The highest BCUT2D eigenvalue weighted by molar-refractivity contribution is 5.81. The number of Topliss-reactive ketones (excluding diaryl/α,β-unsaturated/α-hetero) is 1. The lowest BCUT2D eigenvalue weighted by atomic mass is 9.75. The second-order valence-electron chi connectivity index (χ2n) is 4.57. The van der Waals surface area contributed by atoms with Gasteiger partial charge in [0.25, 0.3) is 0 Å². The van der Waals surface area contributed by atoms with Crippen molar-refractivity contribution in [2.75, 3.05) is 7.05 Å². The predicted molar refractivity (Wildman–Crippen MR) is 48.0 cm³/mol. The molecule has 0 radical (unpaired) electrons. The molecule has 0 amide bonds. The number of fused-ring (bicyclic) bond motifs is 2. The van der Waals surface area contributed by atoms with Gasteiger partial charge < -0.3 is 0 Å². The second kappa shape index (κ2) is 2.56. The van der Waals surface area contributed by atoms with Crippen molar-refractivity contribution >= 4 is 5.78 Å². The minimum absolute atomic E-state index is 0.193. The maximum absolute atomic E-state index is 11.4.